The lowest BCUT2D eigenvalue weighted by Crippen LogP contribution is -2.49. The Labute approximate surface area is 175 Å². The van der Waals surface area contributed by atoms with Crippen LogP contribution in [0.5, 0.6) is 0 Å². The number of fused-ring (bicyclic) bond motifs is 1. The van der Waals surface area contributed by atoms with Crippen molar-refractivity contribution >= 4 is 11.8 Å². The molecule has 2 aromatic carbocycles. The molecule has 2 amide bonds. The molecule has 0 spiro atoms. The predicted molar refractivity (Wildman–Crippen MR) is 112 cm³/mol. The van der Waals surface area contributed by atoms with E-state index in [1.807, 2.05) is 12.1 Å². The standard InChI is InChI=1S/C23H27N3O4/c27-19-9-10-26(14-19)23(30)16-7-5-15(6-8-16)22(29)25-13-21(28)20-11-17-3-1-2-4-18(17)12-24-20/h1-8,19-21,24,27-28H,9-14H2,(H,25,29)/t19?,20-,21?/m0/s1. The molecule has 0 bridgehead atoms. The van der Waals surface area contributed by atoms with Crippen LogP contribution in [0.25, 0.3) is 0 Å². The first-order valence-corrected chi connectivity index (χ1v) is 10.3. The molecular formula is C23H27N3O4. The van der Waals surface area contributed by atoms with Crippen LogP contribution in [0.15, 0.2) is 48.5 Å². The van der Waals surface area contributed by atoms with Crippen molar-refractivity contribution in [2.24, 2.45) is 0 Å². The molecule has 3 atom stereocenters. The lowest BCUT2D eigenvalue weighted by molar-refractivity contribution is 0.0764. The van der Waals surface area contributed by atoms with Gasteiger partial charge in [0.15, 0.2) is 0 Å². The zero-order valence-corrected chi connectivity index (χ0v) is 16.8. The predicted octanol–water partition coefficient (Wildman–Crippen LogP) is 0.699. The lowest BCUT2D eigenvalue weighted by Gasteiger charge is -2.30. The Morgan fingerprint density at radius 2 is 1.80 bits per heavy atom. The third-order valence-corrected chi connectivity index (χ3v) is 5.89. The molecule has 158 valence electrons. The van der Waals surface area contributed by atoms with E-state index in [1.165, 1.54) is 11.1 Å². The molecule has 0 radical (unpaired) electrons. The maximum Gasteiger partial charge on any atom is 0.253 e. The lowest BCUT2D eigenvalue weighted by atomic mass is 9.93. The molecule has 7 heteroatoms. The van der Waals surface area contributed by atoms with Crippen molar-refractivity contribution in [2.45, 2.75) is 37.6 Å². The highest BCUT2D eigenvalue weighted by Gasteiger charge is 2.26. The first-order chi connectivity index (χ1) is 14.5. The maximum atomic E-state index is 12.4. The summed E-state index contributed by atoms with van der Waals surface area (Å²) in [7, 11) is 0. The van der Waals surface area contributed by atoms with Gasteiger partial charge in [0.2, 0.25) is 0 Å². The highest BCUT2D eigenvalue weighted by molar-refractivity contribution is 5.97. The molecule has 4 N–H and O–H groups in total. The van der Waals surface area contributed by atoms with E-state index >= 15 is 0 Å². The molecule has 4 rings (SSSR count). The summed E-state index contributed by atoms with van der Waals surface area (Å²) in [6.45, 7) is 1.73. The van der Waals surface area contributed by atoms with Gasteiger partial charge in [-0.2, -0.15) is 0 Å². The highest BCUT2D eigenvalue weighted by Crippen LogP contribution is 2.18. The average molecular weight is 409 g/mol. The van der Waals surface area contributed by atoms with Gasteiger partial charge in [0.1, 0.15) is 0 Å². The van der Waals surface area contributed by atoms with Crippen LogP contribution >= 0.6 is 0 Å². The average Bonchev–Trinajstić information content (AvgIpc) is 3.22. The number of carbonyl (C=O) groups excluding carboxylic acids is 2. The zero-order valence-electron chi connectivity index (χ0n) is 16.8. The van der Waals surface area contributed by atoms with Crippen molar-refractivity contribution in [1.29, 1.82) is 0 Å². The fraction of sp³-hybridized carbons (Fsp3) is 0.391. The second-order valence-electron chi connectivity index (χ2n) is 8.01. The number of hydrogen-bond donors (Lipinski definition) is 4. The van der Waals surface area contributed by atoms with Crippen LogP contribution in [0.1, 0.15) is 38.3 Å². The van der Waals surface area contributed by atoms with Crippen LogP contribution in [0, 0.1) is 0 Å². The molecule has 0 aromatic heterocycles. The molecule has 2 aliphatic heterocycles. The van der Waals surface area contributed by atoms with Gasteiger partial charge < -0.3 is 25.7 Å². The molecule has 30 heavy (non-hydrogen) atoms. The summed E-state index contributed by atoms with van der Waals surface area (Å²) in [5.74, 6) is -0.432. The molecule has 0 saturated carbocycles. The molecule has 7 nitrogen and oxygen atoms in total. The minimum atomic E-state index is -0.704. The van der Waals surface area contributed by atoms with Crippen molar-refractivity contribution < 1.29 is 19.8 Å². The maximum absolute atomic E-state index is 12.4. The van der Waals surface area contributed by atoms with Crippen molar-refractivity contribution in [3.8, 4) is 0 Å². The van der Waals surface area contributed by atoms with Gasteiger partial charge in [0, 0.05) is 43.3 Å². The van der Waals surface area contributed by atoms with Gasteiger partial charge in [-0.25, -0.2) is 0 Å². The zero-order chi connectivity index (χ0) is 21.1. The van der Waals surface area contributed by atoms with E-state index in [0.717, 1.165) is 6.42 Å². The van der Waals surface area contributed by atoms with Crippen molar-refractivity contribution in [2.75, 3.05) is 19.6 Å². The van der Waals surface area contributed by atoms with Gasteiger partial charge in [0.05, 0.1) is 12.2 Å². The summed E-state index contributed by atoms with van der Waals surface area (Å²) in [6.07, 6.45) is 0.146. The number of likely N-dealkylation sites (tertiary alicyclic amines) is 1. The number of rotatable bonds is 5. The van der Waals surface area contributed by atoms with E-state index in [4.69, 9.17) is 0 Å². The van der Waals surface area contributed by atoms with Crippen molar-refractivity contribution in [3.05, 3.63) is 70.8 Å². The van der Waals surface area contributed by atoms with Gasteiger partial charge in [-0.1, -0.05) is 24.3 Å². The molecule has 2 aliphatic rings. The summed E-state index contributed by atoms with van der Waals surface area (Å²) >= 11 is 0. The molecular weight excluding hydrogens is 382 g/mol. The second-order valence-corrected chi connectivity index (χ2v) is 8.01. The van der Waals surface area contributed by atoms with E-state index in [9.17, 15) is 19.8 Å². The monoisotopic (exact) mass is 409 g/mol. The van der Waals surface area contributed by atoms with E-state index in [1.54, 1.807) is 29.2 Å². The minimum absolute atomic E-state index is 0.115. The number of aliphatic hydroxyl groups excluding tert-OH is 2. The largest absolute Gasteiger partial charge is 0.391 e. The van der Waals surface area contributed by atoms with Crippen molar-refractivity contribution in [1.82, 2.24) is 15.5 Å². The Kier molecular flexibility index (Phi) is 6.13. The van der Waals surface area contributed by atoms with Crippen LogP contribution in [-0.4, -0.2) is 64.8 Å². The minimum Gasteiger partial charge on any atom is -0.391 e. The Morgan fingerprint density at radius 1 is 1.10 bits per heavy atom. The van der Waals surface area contributed by atoms with E-state index in [2.05, 4.69) is 22.8 Å². The van der Waals surface area contributed by atoms with Crippen LogP contribution in [0.4, 0.5) is 0 Å². The van der Waals surface area contributed by atoms with Crippen LogP contribution in [0.3, 0.4) is 0 Å². The number of amides is 2. The Bertz CT molecular complexity index is 915. The second kappa shape index (κ2) is 8.95. The summed E-state index contributed by atoms with van der Waals surface area (Å²) in [5.41, 5.74) is 3.38. The number of β-amino-alcohol motifs (C(OH)–C–C–N with tert-alkyl or cyclic N) is 1. The summed E-state index contributed by atoms with van der Waals surface area (Å²) in [4.78, 5) is 26.5. The first kappa shape index (κ1) is 20.5. The SMILES string of the molecule is O=C(NCC(O)[C@@H]1Cc2ccccc2CN1)c1ccc(C(=O)N2CCC(O)C2)cc1. The smallest absolute Gasteiger partial charge is 0.253 e. The van der Waals surface area contributed by atoms with Crippen LogP contribution in [-0.2, 0) is 13.0 Å². The Hall–Kier alpha value is -2.74. The number of nitrogens with zero attached hydrogens (tertiary/aromatic N) is 1. The van der Waals surface area contributed by atoms with Crippen molar-refractivity contribution in [3.63, 3.8) is 0 Å². The fourth-order valence-electron chi connectivity index (χ4n) is 4.07. The van der Waals surface area contributed by atoms with Gasteiger partial charge in [-0.3, -0.25) is 9.59 Å². The molecule has 2 unspecified atom stereocenters. The van der Waals surface area contributed by atoms with Crippen LogP contribution < -0.4 is 10.6 Å². The quantitative estimate of drug-likeness (QED) is 0.582. The normalized spacial score (nSPS) is 21.7. The highest BCUT2D eigenvalue weighted by atomic mass is 16.3. The summed E-state index contributed by atoms with van der Waals surface area (Å²) < 4.78 is 0. The van der Waals surface area contributed by atoms with Gasteiger partial charge in [-0.05, 0) is 48.2 Å². The third kappa shape index (κ3) is 4.53. The van der Waals surface area contributed by atoms with Crippen LogP contribution in [0.2, 0.25) is 0 Å². The Morgan fingerprint density at radius 3 is 2.50 bits per heavy atom. The molecule has 1 saturated heterocycles. The summed E-state index contributed by atoms with van der Waals surface area (Å²) in [6, 6.07) is 14.5. The summed E-state index contributed by atoms with van der Waals surface area (Å²) in [5, 5.41) is 26.2. The number of nitrogens with one attached hydrogen (secondary N) is 2. The van der Waals surface area contributed by atoms with Gasteiger partial charge in [0.25, 0.3) is 11.8 Å². The van der Waals surface area contributed by atoms with E-state index in [0.29, 0.717) is 37.2 Å². The number of hydrogen-bond acceptors (Lipinski definition) is 5. The molecule has 1 fully saturated rings. The number of aliphatic hydroxyl groups is 2. The fourth-order valence-corrected chi connectivity index (χ4v) is 4.07. The Balaban J connectivity index is 1.29. The molecule has 0 aliphatic carbocycles. The first-order valence-electron chi connectivity index (χ1n) is 10.3. The van der Waals surface area contributed by atoms with Gasteiger partial charge in [-0.15, -0.1) is 0 Å². The topological polar surface area (TPSA) is 102 Å². The third-order valence-electron chi connectivity index (χ3n) is 5.89. The number of benzene rings is 2. The van der Waals surface area contributed by atoms with E-state index in [-0.39, 0.29) is 24.4 Å². The molecule has 2 aromatic rings. The molecule has 2 heterocycles. The number of carbonyl (C=O) groups is 2. The van der Waals surface area contributed by atoms with Gasteiger partial charge >= 0.3 is 0 Å². The van der Waals surface area contributed by atoms with E-state index < -0.39 is 12.2 Å².